The van der Waals surface area contributed by atoms with Crippen LogP contribution in [0.3, 0.4) is 0 Å². The van der Waals surface area contributed by atoms with Gasteiger partial charge in [0.05, 0.1) is 35.7 Å². The summed E-state index contributed by atoms with van der Waals surface area (Å²) in [6.07, 6.45) is 6.43. The predicted molar refractivity (Wildman–Crippen MR) is 239 cm³/mol. The summed E-state index contributed by atoms with van der Waals surface area (Å²) in [4.78, 5) is 38.2. The van der Waals surface area contributed by atoms with E-state index in [0.717, 1.165) is 84.0 Å². The van der Waals surface area contributed by atoms with E-state index in [1.54, 1.807) is 18.5 Å². The fourth-order valence-electron chi connectivity index (χ4n) is 9.23. The van der Waals surface area contributed by atoms with Crippen LogP contribution < -0.4 is 10.2 Å². The molecule has 0 spiro atoms. The topological polar surface area (TPSA) is 163 Å². The fraction of sp³-hybridized carbons (Fsp3) is 0.391. The third-order valence-corrected chi connectivity index (χ3v) is 14.7. The Morgan fingerprint density at radius 1 is 1.02 bits per heavy atom. The Labute approximate surface area is 366 Å². The number of nitro groups is 1. The van der Waals surface area contributed by atoms with Gasteiger partial charge in [-0.25, -0.2) is 17.7 Å². The van der Waals surface area contributed by atoms with Gasteiger partial charge in [0.2, 0.25) is 0 Å². The third kappa shape index (κ3) is 8.56. The molecule has 9 rings (SSSR count). The zero-order chi connectivity index (χ0) is 43.2. The summed E-state index contributed by atoms with van der Waals surface area (Å²) in [6, 6.07) is 21.4. The Kier molecular flexibility index (Phi) is 11.6. The molecule has 2 fully saturated rings. The summed E-state index contributed by atoms with van der Waals surface area (Å²) < 4.78 is 40.8. The molecule has 1 aliphatic carbocycles. The number of H-pyrrole nitrogens is 1. The number of piperazine rings is 1. The molecule has 1 amide bonds. The zero-order valence-corrected chi connectivity index (χ0v) is 36.4. The number of amides is 1. The maximum atomic E-state index is 14.5. The number of pyridine rings is 1. The van der Waals surface area contributed by atoms with Crippen molar-refractivity contribution in [3.8, 4) is 0 Å². The lowest BCUT2D eigenvalue weighted by Crippen LogP contribution is -2.47. The van der Waals surface area contributed by atoms with Gasteiger partial charge in [-0.3, -0.25) is 19.8 Å². The van der Waals surface area contributed by atoms with Gasteiger partial charge in [0, 0.05) is 91.9 Å². The van der Waals surface area contributed by atoms with Gasteiger partial charge < -0.3 is 24.7 Å². The lowest BCUT2D eigenvalue weighted by molar-refractivity contribution is -0.384. The Morgan fingerprint density at radius 2 is 1.82 bits per heavy atom. The molecule has 2 aromatic heterocycles. The normalized spacial score (nSPS) is 21.0. The first-order valence-corrected chi connectivity index (χ1v) is 22.9. The van der Waals surface area contributed by atoms with Gasteiger partial charge in [-0.1, -0.05) is 43.2 Å². The van der Waals surface area contributed by atoms with Crippen molar-refractivity contribution in [3.63, 3.8) is 0 Å². The van der Waals surface area contributed by atoms with E-state index in [4.69, 9.17) is 21.1 Å². The van der Waals surface area contributed by atoms with Crippen LogP contribution in [0.5, 0.6) is 0 Å². The Hall–Kier alpha value is -5.32. The molecule has 3 aromatic carbocycles. The van der Waals surface area contributed by atoms with Crippen LogP contribution in [0, 0.1) is 15.5 Å². The molecule has 4 aliphatic rings. The molecule has 62 heavy (non-hydrogen) atoms. The van der Waals surface area contributed by atoms with Crippen LogP contribution >= 0.6 is 11.6 Å². The second kappa shape index (κ2) is 17.1. The van der Waals surface area contributed by atoms with Crippen molar-refractivity contribution in [2.45, 2.75) is 50.0 Å². The van der Waals surface area contributed by atoms with Gasteiger partial charge in [-0.15, -0.1) is 0 Å². The van der Waals surface area contributed by atoms with Gasteiger partial charge in [0.25, 0.3) is 21.6 Å². The molecule has 324 valence electrons. The van der Waals surface area contributed by atoms with Crippen LogP contribution in [-0.4, -0.2) is 110 Å². The molecular formula is C46H50ClN7O7S. The Morgan fingerprint density at radius 3 is 2.58 bits per heavy atom. The molecular weight excluding hydrogens is 830 g/mol. The van der Waals surface area contributed by atoms with Crippen molar-refractivity contribution < 1.29 is 27.6 Å². The number of carbonyl (C=O) groups excluding carboxylic acids is 1. The van der Waals surface area contributed by atoms with E-state index >= 15 is 0 Å². The number of fused-ring (bicyclic) bond motifs is 2. The summed E-state index contributed by atoms with van der Waals surface area (Å²) >= 11 is 6.25. The number of nitrogens with zero attached hydrogens (tertiary/aromatic N) is 5. The number of ether oxygens (including phenoxy) is 2. The molecule has 0 bridgehead atoms. The first kappa shape index (κ1) is 42.0. The van der Waals surface area contributed by atoms with Gasteiger partial charge in [-0.2, -0.15) is 0 Å². The average molecular weight is 880 g/mol. The SMILES string of the molecule is CC1(C)CCC(CN2CCN(c3ccc4c(c3)C(c3cnc5[nH]ccc5c3)CN(S(=O)(=O)c3ccc(NC[C@H]5COCCO5)c([N+](=O)[O-])c3)C4=O)CC2)=C(c2ccc(Cl)cc2)C1. The minimum absolute atomic E-state index is 0.133. The monoisotopic (exact) mass is 879 g/mol. The number of halogens is 1. The number of aromatic amines is 1. The molecule has 2 saturated heterocycles. The second-order valence-electron chi connectivity index (χ2n) is 17.4. The van der Waals surface area contributed by atoms with E-state index in [9.17, 15) is 23.3 Å². The molecule has 0 radical (unpaired) electrons. The van der Waals surface area contributed by atoms with E-state index in [2.05, 4.69) is 51.1 Å². The predicted octanol–water partition coefficient (Wildman–Crippen LogP) is 7.71. The number of nitrogens with one attached hydrogen (secondary N) is 2. The fourth-order valence-corrected chi connectivity index (χ4v) is 10.8. The molecule has 14 nitrogen and oxygen atoms in total. The van der Waals surface area contributed by atoms with Crippen molar-refractivity contribution in [2.24, 2.45) is 5.41 Å². The Balaban J connectivity index is 0.977. The van der Waals surface area contributed by atoms with Crippen LogP contribution in [0.4, 0.5) is 17.1 Å². The number of sulfonamides is 1. The molecule has 2 N–H and O–H groups in total. The number of hydrogen-bond donors (Lipinski definition) is 2. The largest absolute Gasteiger partial charge is 0.377 e. The highest BCUT2D eigenvalue weighted by atomic mass is 35.5. The number of aromatic nitrogens is 2. The summed E-state index contributed by atoms with van der Waals surface area (Å²) in [5.74, 6) is -1.25. The van der Waals surface area contributed by atoms with E-state index < -0.39 is 32.5 Å². The van der Waals surface area contributed by atoms with Crippen molar-refractivity contribution in [1.29, 1.82) is 0 Å². The van der Waals surface area contributed by atoms with Crippen molar-refractivity contribution in [3.05, 3.63) is 128 Å². The first-order chi connectivity index (χ1) is 29.8. The van der Waals surface area contributed by atoms with Crippen molar-refractivity contribution in [1.82, 2.24) is 19.2 Å². The average Bonchev–Trinajstić information content (AvgIpc) is 3.75. The molecule has 2 atom stereocenters. The van der Waals surface area contributed by atoms with Gasteiger partial charge in [-0.05, 0) is 102 Å². The smallest absolute Gasteiger partial charge is 0.293 e. The van der Waals surface area contributed by atoms with E-state index in [-0.39, 0.29) is 40.8 Å². The van der Waals surface area contributed by atoms with E-state index in [1.165, 1.54) is 28.8 Å². The van der Waals surface area contributed by atoms with Crippen molar-refractivity contribution in [2.75, 3.05) is 75.9 Å². The van der Waals surface area contributed by atoms with Gasteiger partial charge in [0.1, 0.15) is 11.3 Å². The standard InChI is InChI=1S/C46H50ClN7O7S/c1-46(2)13-11-32(40(24-46)30-3-5-34(47)6-4-30)27-51-15-17-52(18-16-51)35-7-9-38-39(22-35)41(33-21-31-12-14-48-44(31)50-25-33)28-53(45(38)55)62(58,59)37-8-10-42(43(23-37)54(56)57)49-26-36-29-60-19-20-61-36/h3-10,12,14,21-23,25,36,41,49H,11,13,15-20,24,26-29H2,1-2H3,(H,48,50)/t36-,41?/m0/s1. The summed E-state index contributed by atoms with van der Waals surface area (Å²) in [6.45, 7) is 10.2. The summed E-state index contributed by atoms with van der Waals surface area (Å²) in [5.41, 5.74) is 7.45. The number of anilines is 2. The minimum atomic E-state index is -4.56. The van der Waals surface area contributed by atoms with Crippen LogP contribution in [0.2, 0.25) is 5.02 Å². The number of nitro benzene ring substituents is 1. The van der Waals surface area contributed by atoms with Gasteiger partial charge >= 0.3 is 0 Å². The third-order valence-electron chi connectivity index (χ3n) is 12.7. The number of hydrogen-bond acceptors (Lipinski definition) is 11. The lowest BCUT2D eigenvalue weighted by Gasteiger charge is -2.40. The minimum Gasteiger partial charge on any atom is -0.377 e. The van der Waals surface area contributed by atoms with Crippen LogP contribution in [0.1, 0.15) is 66.1 Å². The summed E-state index contributed by atoms with van der Waals surface area (Å²) in [5, 5.41) is 16.9. The lowest BCUT2D eigenvalue weighted by atomic mass is 9.72. The van der Waals surface area contributed by atoms with E-state index in [0.29, 0.717) is 31.0 Å². The van der Waals surface area contributed by atoms with Crippen molar-refractivity contribution >= 4 is 61.2 Å². The maximum absolute atomic E-state index is 14.5. The molecule has 1 unspecified atom stereocenters. The maximum Gasteiger partial charge on any atom is 0.293 e. The van der Waals surface area contributed by atoms with Crippen LogP contribution in [-0.2, 0) is 19.5 Å². The Bertz CT molecular complexity index is 2650. The summed E-state index contributed by atoms with van der Waals surface area (Å²) in [7, 11) is -4.56. The number of allylic oxidation sites excluding steroid dienone is 1. The zero-order valence-electron chi connectivity index (χ0n) is 34.8. The molecule has 5 heterocycles. The quantitative estimate of drug-likeness (QED) is 0.0987. The molecule has 0 saturated carbocycles. The van der Waals surface area contributed by atoms with Gasteiger partial charge in [0.15, 0.2) is 0 Å². The second-order valence-corrected chi connectivity index (χ2v) is 19.7. The number of benzene rings is 3. The highest BCUT2D eigenvalue weighted by molar-refractivity contribution is 7.89. The first-order valence-electron chi connectivity index (χ1n) is 21.1. The number of carbonyl (C=O) groups is 1. The molecule has 5 aromatic rings. The number of rotatable bonds is 11. The van der Waals surface area contributed by atoms with Crippen LogP contribution in [0.15, 0.2) is 95.7 Å². The molecule has 3 aliphatic heterocycles. The highest BCUT2D eigenvalue weighted by Gasteiger charge is 2.41. The van der Waals surface area contributed by atoms with E-state index in [1.807, 2.05) is 36.4 Å². The van der Waals surface area contributed by atoms with Crippen LogP contribution in [0.25, 0.3) is 16.6 Å². The molecule has 16 heteroatoms. The highest BCUT2D eigenvalue weighted by Crippen LogP contribution is 2.44.